The molecule has 0 bridgehead atoms. The van der Waals surface area contributed by atoms with Gasteiger partial charge in [0.15, 0.2) is 5.82 Å². The number of pyridine rings is 1. The number of halogens is 2. The Morgan fingerprint density at radius 1 is 0.976 bits per heavy atom. The van der Waals surface area contributed by atoms with Crippen molar-refractivity contribution in [2.45, 2.75) is 25.7 Å². The van der Waals surface area contributed by atoms with Gasteiger partial charge in [-0.1, -0.05) is 6.42 Å². The predicted octanol–water partition coefficient (Wildman–Crippen LogP) is 7.72. The number of hydrogen-bond acceptors (Lipinski definition) is 6. The van der Waals surface area contributed by atoms with Crippen LogP contribution in [0.4, 0.5) is 25.0 Å². The number of likely N-dealkylation sites (tertiary alicyclic amines) is 1. The molecule has 1 aliphatic rings. The molecule has 2 heterocycles. The molecule has 0 aliphatic carbocycles. The van der Waals surface area contributed by atoms with Crippen molar-refractivity contribution in [1.29, 1.82) is 0 Å². The summed E-state index contributed by atoms with van der Waals surface area (Å²) < 4.78 is 44.7. The Balaban J connectivity index is 1.24. The smallest absolute Gasteiger partial charge is 0.417 e. The van der Waals surface area contributed by atoms with E-state index in [2.05, 4.69) is 20.0 Å². The topological polar surface area (TPSA) is 77.3 Å². The third kappa shape index (κ3) is 7.26. The van der Waals surface area contributed by atoms with Crippen LogP contribution in [-0.4, -0.2) is 42.2 Å². The number of ether oxygens (including phenoxy) is 3. The van der Waals surface area contributed by atoms with Gasteiger partial charge in [-0.15, -0.1) is 0 Å². The molecule has 8 nitrogen and oxygen atoms in total. The number of hydrogen-bond donors (Lipinski definition) is 1. The molecule has 0 spiro atoms. The summed E-state index contributed by atoms with van der Waals surface area (Å²) in [6, 6.07) is 13.8. The monoisotopic (exact) mass is 558 g/mol. The third-order valence-corrected chi connectivity index (χ3v) is 6.66. The molecule has 1 saturated heterocycles. The average Bonchev–Trinajstić information content (AvgIpc) is 2.98. The molecule has 0 unspecified atom stereocenters. The van der Waals surface area contributed by atoms with Crippen molar-refractivity contribution in [2.75, 3.05) is 31.6 Å². The second-order valence-electron chi connectivity index (χ2n) is 9.57. The van der Waals surface area contributed by atoms with Gasteiger partial charge in [0.25, 0.3) is 0 Å². The largest absolute Gasteiger partial charge is 0.504 e. The van der Waals surface area contributed by atoms with Crippen LogP contribution in [0.1, 0.15) is 25.7 Å². The van der Waals surface area contributed by atoms with E-state index in [9.17, 15) is 13.6 Å². The first-order valence-corrected chi connectivity index (χ1v) is 13.4. The Kier molecular flexibility index (Phi) is 8.86. The molecule has 1 fully saturated rings. The van der Waals surface area contributed by atoms with E-state index in [4.69, 9.17) is 20.8 Å². The van der Waals surface area contributed by atoms with Crippen LogP contribution < -0.4 is 19.5 Å². The second kappa shape index (κ2) is 13.1. The molecule has 0 saturated carbocycles. The van der Waals surface area contributed by atoms with Crippen molar-refractivity contribution < 1.29 is 27.8 Å². The number of nitrogens with zero attached hydrogens (tertiary/aromatic N) is 3. The first-order valence-electron chi connectivity index (χ1n) is 13.4. The van der Waals surface area contributed by atoms with Crippen LogP contribution in [0.2, 0.25) is 0 Å². The Bertz CT molecular complexity index is 1570. The van der Waals surface area contributed by atoms with Gasteiger partial charge in [-0.2, -0.15) is 0 Å². The number of benzene rings is 3. The van der Waals surface area contributed by atoms with Crippen LogP contribution >= 0.6 is 0 Å². The molecule has 4 aromatic rings. The fourth-order valence-electron chi connectivity index (χ4n) is 4.61. The number of anilines is 1. The van der Waals surface area contributed by atoms with E-state index in [1.54, 1.807) is 24.4 Å². The summed E-state index contributed by atoms with van der Waals surface area (Å²) >= 11 is 0. The van der Waals surface area contributed by atoms with Crippen molar-refractivity contribution in [2.24, 2.45) is 0 Å². The van der Waals surface area contributed by atoms with Crippen LogP contribution in [-0.2, 0) is 0 Å². The zero-order valence-corrected chi connectivity index (χ0v) is 22.2. The Morgan fingerprint density at radius 2 is 1.76 bits per heavy atom. The van der Waals surface area contributed by atoms with Crippen LogP contribution in [0, 0.1) is 18.2 Å². The Labute approximate surface area is 236 Å². The van der Waals surface area contributed by atoms with E-state index >= 15 is 0 Å². The minimum Gasteiger partial charge on any atom is -0.504 e. The van der Waals surface area contributed by atoms with Gasteiger partial charge in [0.05, 0.1) is 24.4 Å². The number of aromatic nitrogens is 1. The molecular formula is C31H28F2N4O4. The highest BCUT2D eigenvalue weighted by Crippen LogP contribution is 2.38. The lowest BCUT2D eigenvalue weighted by Gasteiger charge is -2.26. The standard InChI is InChI=1S/C31H28F2N4O4/c1-34-28-19-24-27(20-30(28)39-17-5-16-37-14-3-2-4-15-37)35-13-12-29(24)40-23-10-11-26(25(33)18-23)36-31(38)41-22-8-6-21(32)7-9-22/h6-13,18-20H,2-5,14-17H2,(H,36,38). The highest BCUT2D eigenvalue weighted by molar-refractivity contribution is 5.91. The minimum absolute atomic E-state index is 0.110. The van der Waals surface area contributed by atoms with Gasteiger partial charge in [-0.25, -0.2) is 18.4 Å². The third-order valence-electron chi connectivity index (χ3n) is 6.66. The normalized spacial score (nSPS) is 13.4. The quantitative estimate of drug-likeness (QED) is 0.167. The van der Waals surface area contributed by atoms with Crippen molar-refractivity contribution in [3.05, 3.63) is 89.9 Å². The summed E-state index contributed by atoms with van der Waals surface area (Å²) in [6.45, 7) is 11.4. The first kappa shape index (κ1) is 27.8. The molecule has 0 atom stereocenters. The van der Waals surface area contributed by atoms with E-state index in [-0.39, 0.29) is 17.2 Å². The summed E-state index contributed by atoms with van der Waals surface area (Å²) in [6.07, 6.45) is 5.28. The maximum Gasteiger partial charge on any atom is 0.417 e. The van der Waals surface area contributed by atoms with Crippen LogP contribution in [0.5, 0.6) is 23.0 Å². The van der Waals surface area contributed by atoms with E-state index in [0.29, 0.717) is 34.7 Å². The van der Waals surface area contributed by atoms with Gasteiger partial charge in [0, 0.05) is 24.2 Å². The Morgan fingerprint density at radius 3 is 2.51 bits per heavy atom. The van der Waals surface area contributed by atoms with E-state index in [1.165, 1.54) is 43.5 Å². The van der Waals surface area contributed by atoms with Crippen molar-refractivity contribution in [3.63, 3.8) is 0 Å². The van der Waals surface area contributed by atoms with Crippen molar-refractivity contribution in [1.82, 2.24) is 9.88 Å². The molecule has 10 heteroatoms. The van der Waals surface area contributed by atoms with Gasteiger partial charge in [-0.3, -0.25) is 10.3 Å². The molecule has 3 aromatic carbocycles. The van der Waals surface area contributed by atoms with Crippen molar-refractivity contribution in [3.8, 4) is 23.0 Å². The fourth-order valence-corrected chi connectivity index (χ4v) is 4.61. The molecule has 41 heavy (non-hydrogen) atoms. The SMILES string of the molecule is [C-]#[N+]c1cc2c(Oc3ccc(NC(=O)Oc4ccc(F)cc4)c(F)c3)ccnc2cc1OCCCN1CCCCC1. The lowest BCUT2D eigenvalue weighted by atomic mass is 10.1. The number of rotatable bonds is 9. The second-order valence-corrected chi connectivity index (χ2v) is 9.57. The first-order chi connectivity index (χ1) is 20.0. The Hall–Kier alpha value is -4.75. The molecule has 1 amide bonds. The fraction of sp³-hybridized carbons (Fsp3) is 0.258. The van der Waals surface area contributed by atoms with Gasteiger partial charge in [0.2, 0.25) is 5.69 Å². The highest BCUT2D eigenvalue weighted by atomic mass is 19.1. The summed E-state index contributed by atoms with van der Waals surface area (Å²) in [7, 11) is 0. The van der Waals surface area contributed by atoms with Gasteiger partial charge in [0.1, 0.15) is 28.8 Å². The van der Waals surface area contributed by atoms with Crippen LogP contribution in [0.15, 0.2) is 66.9 Å². The number of fused-ring (bicyclic) bond motifs is 1. The van der Waals surface area contributed by atoms with Gasteiger partial charge >= 0.3 is 6.09 Å². The summed E-state index contributed by atoms with van der Waals surface area (Å²) in [4.78, 5) is 22.6. The maximum atomic E-state index is 14.8. The molecule has 1 aromatic heterocycles. The lowest BCUT2D eigenvalue weighted by Crippen LogP contribution is -2.31. The summed E-state index contributed by atoms with van der Waals surface area (Å²) in [5.74, 6) is -0.0938. The zero-order valence-electron chi connectivity index (χ0n) is 22.2. The number of carbonyl (C=O) groups excluding carboxylic acids is 1. The van der Waals surface area contributed by atoms with E-state index in [0.717, 1.165) is 44.3 Å². The molecule has 1 aliphatic heterocycles. The number of carbonyl (C=O) groups is 1. The molecular weight excluding hydrogens is 530 g/mol. The summed E-state index contributed by atoms with van der Waals surface area (Å²) in [5.41, 5.74) is 0.781. The van der Waals surface area contributed by atoms with Crippen molar-refractivity contribution >= 4 is 28.4 Å². The van der Waals surface area contributed by atoms with E-state index < -0.39 is 17.7 Å². The minimum atomic E-state index is -0.930. The number of piperidine rings is 1. The predicted molar refractivity (Wildman–Crippen MR) is 151 cm³/mol. The maximum absolute atomic E-state index is 14.8. The lowest BCUT2D eigenvalue weighted by molar-refractivity contribution is 0.205. The van der Waals surface area contributed by atoms with Crippen LogP contribution in [0.3, 0.4) is 0 Å². The molecule has 0 radical (unpaired) electrons. The summed E-state index contributed by atoms with van der Waals surface area (Å²) in [5, 5.41) is 2.88. The zero-order chi connectivity index (χ0) is 28.6. The molecule has 210 valence electrons. The van der Waals surface area contributed by atoms with Gasteiger partial charge in [-0.05, 0) is 86.9 Å². The van der Waals surface area contributed by atoms with Gasteiger partial charge < -0.3 is 19.1 Å². The average molecular weight is 559 g/mol. The van der Waals surface area contributed by atoms with Crippen LogP contribution in [0.25, 0.3) is 15.7 Å². The molecule has 1 N–H and O–H groups in total. The molecule has 5 rings (SSSR count). The number of amides is 1. The number of nitrogens with one attached hydrogen (secondary N) is 1. The van der Waals surface area contributed by atoms with E-state index in [1.807, 2.05) is 0 Å². The highest BCUT2D eigenvalue weighted by Gasteiger charge is 2.15.